The zero-order valence-corrected chi connectivity index (χ0v) is 19.3. The van der Waals surface area contributed by atoms with Crippen LogP contribution in [-0.2, 0) is 14.3 Å². The molecule has 2 unspecified atom stereocenters. The fraction of sp³-hybridized carbons (Fsp3) is 0.654. The van der Waals surface area contributed by atoms with Crippen molar-refractivity contribution in [3.05, 3.63) is 46.3 Å². The van der Waals surface area contributed by atoms with Crippen molar-refractivity contribution in [1.82, 2.24) is 0 Å². The number of aliphatic carboxylic acids is 1. The third-order valence-electron chi connectivity index (χ3n) is 7.32. The molecule has 5 nitrogen and oxygen atoms in total. The van der Waals surface area contributed by atoms with Crippen LogP contribution in [-0.4, -0.2) is 22.8 Å². The van der Waals surface area contributed by atoms with Crippen molar-refractivity contribution in [1.29, 1.82) is 0 Å². The molecule has 6 rings (SSSR count). The van der Waals surface area contributed by atoms with E-state index in [-0.39, 0.29) is 12.0 Å². The fourth-order valence-corrected chi connectivity index (χ4v) is 4.93. The number of aliphatic hydroxyl groups excluding tert-OH is 1. The maximum atomic E-state index is 11.3. The first-order valence-corrected chi connectivity index (χ1v) is 11.7. The summed E-state index contributed by atoms with van der Waals surface area (Å²) in [6, 6.07) is 0. The Morgan fingerprint density at radius 3 is 2.06 bits per heavy atom. The number of ether oxygens (including phenoxy) is 2. The van der Waals surface area contributed by atoms with Gasteiger partial charge in [0, 0.05) is 29.6 Å². The van der Waals surface area contributed by atoms with E-state index in [9.17, 15) is 15.0 Å². The summed E-state index contributed by atoms with van der Waals surface area (Å²) in [6.07, 6.45) is 12.2. The van der Waals surface area contributed by atoms with E-state index in [0.717, 1.165) is 62.2 Å². The van der Waals surface area contributed by atoms with Crippen molar-refractivity contribution in [2.45, 2.75) is 79.1 Å². The number of aliphatic hydroxyl groups is 1. The van der Waals surface area contributed by atoms with E-state index < -0.39 is 11.4 Å². The van der Waals surface area contributed by atoms with Crippen molar-refractivity contribution >= 4 is 5.97 Å². The first-order chi connectivity index (χ1) is 14.6. The second-order valence-corrected chi connectivity index (χ2v) is 11.0. The first kappa shape index (κ1) is 22.2. The molecular formula is C26H36O5. The quantitative estimate of drug-likeness (QED) is 0.386. The van der Waals surface area contributed by atoms with Gasteiger partial charge in [0.05, 0.1) is 5.41 Å². The summed E-state index contributed by atoms with van der Waals surface area (Å²) >= 11 is 0. The second-order valence-electron chi connectivity index (χ2n) is 11.0. The van der Waals surface area contributed by atoms with Gasteiger partial charge in [-0.2, -0.15) is 0 Å². The highest BCUT2D eigenvalue weighted by Gasteiger charge is 2.42. The van der Waals surface area contributed by atoms with E-state index in [2.05, 4.69) is 26.0 Å². The lowest BCUT2D eigenvalue weighted by atomic mass is 9.86. The van der Waals surface area contributed by atoms with E-state index in [1.54, 1.807) is 13.8 Å². The molecule has 5 heteroatoms. The third-order valence-corrected chi connectivity index (χ3v) is 7.32. The summed E-state index contributed by atoms with van der Waals surface area (Å²) < 4.78 is 11.7. The molecule has 0 radical (unpaired) electrons. The minimum atomic E-state index is -0.730. The van der Waals surface area contributed by atoms with Gasteiger partial charge in [0.15, 0.2) is 0 Å². The average molecular weight is 429 g/mol. The maximum Gasteiger partial charge on any atom is 0.309 e. The SMILES string of the molecule is CC(C)(CO)CCCC1C=C2OC1=C2CCC1C=C2OC1=C2CCCC(C)(C)C(=O)O. The molecule has 0 fully saturated rings. The van der Waals surface area contributed by atoms with Crippen LogP contribution in [0, 0.1) is 22.7 Å². The Kier molecular flexibility index (Phi) is 5.84. The smallest absolute Gasteiger partial charge is 0.309 e. The molecule has 0 aromatic rings. The highest BCUT2D eigenvalue weighted by Crippen LogP contribution is 2.52. The summed E-state index contributed by atoms with van der Waals surface area (Å²) in [7, 11) is 0. The van der Waals surface area contributed by atoms with Crippen LogP contribution >= 0.6 is 0 Å². The van der Waals surface area contributed by atoms with Gasteiger partial charge in [0.25, 0.3) is 0 Å². The second kappa shape index (κ2) is 8.16. The third kappa shape index (κ3) is 4.34. The Bertz CT molecular complexity index is 883. The topological polar surface area (TPSA) is 76.0 Å². The van der Waals surface area contributed by atoms with E-state index in [4.69, 9.17) is 9.47 Å². The van der Waals surface area contributed by atoms with E-state index in [1.165, 1.54) is 16.9 Å². The molecule has 0 amide bonds. The van der Waals surface area contributed by atoms with Gasteiger partial charge in [-0.05, 0) is 76.4 Å². The Hall–Kier alpha value is -2.01. The lowest BCUT2D eigenvalue weighted by Crippen LogP contribution is -2.23. The van der Waals surface area contributed by atoms with Crippen molar-refractivity contribution in [3.63, 3.8) is 0 Å². The average Bonchev–Trinajstić information content (AvgIpc) is 3.43. The number of carbonyl (C=O) groups is 1. The number of hydrogen-bond donors (Lipinski definition) is 2. The van der Waals surface area contributed by atoms with Gasteiger partial charge in [-0.1, -0.05) is 20.3 Å². The predicted molar refractivity (Wildman–Crippen MR) is 119 cm³/mol. The van der Waals surface area contributed by atoms with E-state index in [1.807, 2.05) is 0 Å². The van der Waals surface area contributed by atoms with E-state index in [0.29, 0.717) is 18.3 Å². The summed E-state index contributed by atoms with van der Waals surface area (Å²) in [5, 5.41) is 18.7. The number of carboxylic acids is 1. The minimum Gasteiger partial charge on any atom is -0.481 e. The maximum absolute atomic E-state index is 11.3. The molecule has 0 saturated carbocycles. The standard InChI is InChI=1S/C26H36O5/c1-25(2,15-27)11-5-7-16-13-21-19(22(16)31-21)10-9-17-14-20-18(23(17)30-20)8-6-12-26(3,4)24(28)29/h13-14,16-17,27H,5-12,15H2,1-4H3,(H,28,29). The molecule has 0 aromatic carbocycles. The van der Waals surface area contributed by atoms with Crippen LogP contribution in [0.25, 0.3) is 0 Å². The zero-order chi connectivity index (χ0) is 22.4. The van der Waals surface area contributed by atoms with Crippen LogP contribution in [0.15, 0.2) is 46.3 Å². The van der Waals surface area contributed by atoms with Crippen molar-refractivity contribution in [2.75, 3.05) is 6.61 Å². The highest BCUT2D eigenvalue weighted by atomic mass is 16.5. The van der Waals surface area contributed by atoms with Gasteiger partial charge >= 0.3 is 5.97 Å². The molecule has 2 atom stereocenters. The number of carboxylic acid groups (broad SMARTS) is 1. The summed E-state index contributed by atoms with van der Waals surface area (Å²) in [6.45, 7) is 8.04. The molecule has 31 heavy (non-hydrogen) atoms. The Balaban J connectivity index is 1.23. The zero-order valence-electron chi connectivity index (χ0n) is 19.3. The predicted octanol–water partition coefficient (Wildman–Crippen LogP) is 5.83. The van der Waals surface area contributed by atoms with Crippen LogP contribution in [0.4, 0.5) is 0 Å². The molecule has 170 valence electrons. The molecule has 6 aliphatic rings. The molecule has 0 spiro atoms. The van der Waals surface area contributed by atoms with Crippen LogP contribution in [0.2, 0.25) is 0 Å². The van der Waals surface area contributed by atoms with Gasteiger partial charge in [-0.15, -0.1) is 0 Å². The number of allylic oxidation sites excluding steroid dienone is 4. The van der Waals surface area contributed by atoms with Crippen LogP contribution < -0.4 is 0 Å². The molecule has 4 bridgehead atoms. The van der Waals surface area contributed by atoms with Crippen LogP contribution in [0.1, 0.15) is 79.1 Å². The molecule has 4 aliphatic heterocycles. The molecule has 2 aliphatic carbocycles. The van der Waals surface area contributed by atoms with Crippen molar-refractivity contribution in [2.24, 2.45) is 22.7 Å². The lowest BCUT2D eigenvalue weighted by Gasteiger charge is -2.26. The van der Waals surface area contributed by atoms with Gasteiger partial charge in [0.2, 0.25) is 0 Å². The Morgan fingerprint density at radius 2 is 1.48 bits per heavy atom. The molecule has 0 saturated heterocycles. The highest BCUT2D eigenvalue weighted by molar-refractivity contribution is 5.73. The monoisotopic (exact) mass is 428 g/mol. The summed E-state index contributed by atoms with van der Waals surface area (Å²) in [5.41, 5.74) is 2.02. The summed E-state index contributed by atoms with van der Waals surface area (Å²) in [5.74, 6) is 4.41. The minimum absolute atomic E-state index is 0.00163. The van der Waals surface area contributed by atoms with Gasteiger partial charge in [-0.25, -0.2) is 0 Å². The molecular weight excluding hydrogens is 392 g/mol. The van der Waals surface area contributed by atoms with Crippen LogP contribution in [0.3, 0.4) is 0 Å². The number of fused-ring (bicyclic) bond motifs is 2. The van der Waals surface area contributed by atoms with Gasteiger partial charge < -0.3 is 19.7 Å². The number of hydrogen-bond acceptors (Lipinski definition) is 4. The Labute approximate surface area is 185 Å². The molecule has 4 heterocycles. The van der Waals surface area contributed by atoms with E-state index >= 15 is 0 Å². The van der Waals surface area contributed by atoms with Gasteiger partial charge in [0.1, 0.15) is 23.0 Å². The Morgan fingerprint density at radius 1 is 0.903 bits per heavy atom. The summed E-state index contributed by atoms with van der Waals surface area (Å²) in [4.78, 5) is 11.3. The first-order valence-electron chi connectivity index (χ1n) is 11.7. The fourth-order valence-electron chi connectivity index (χ4n) is 4.93. The molecule has 0 aromatic heterocycles. The van der Waals surface area contributed by atoms with Gasteiger partial charge in [-0.3, -0.25) is 4.79 Å². The van der Waals surface area contributed by atoms with Crippen LogP contribution in [0.5, 0.6) is 0 Å². The lowest BCUT2D eigenvalue weighted by molar-refractivity contribution is -0.147. The van der Waals surface area contributed by atoms with Crippen molar-refractivity contribution < 1.29 is 24.5 Å². The van der Waals surface area contributed by atoms with Crippen molar-refractivity contribution in [3.8, 4) is 0 Å². The normalized spacial score (nSPS) is 23.8. The molecule has 2 N–H and O–H groups in total. The number of rotatable bonds is 13. The largest absolute Gasteiger partial charge is 0.481 e.